The van der Waals surface area contributed by atoms with Crippen molar-refractivity contribution in [2.75, 3.05) is 19.8 Å². The van der Waals surface area contributed by atoms with E-state index in [4.69, 9.17) is 14.2 Å². The summed E-state index contributed by atoms with van der Waals surface area (Å²) in [6.07, 6.45) is 90.6. The lowest BCUT2D eigenvalue weighted by atomic mass is 9.99. The smallest absolute Gasteiger partial charge is 0.305 e. The summed E-state index contributed by atoms with van der Waals surface area (Å²) >= 11 is 0. The molecular formula is C84H151NO10. The Bertz CT molecular complexity index is 1860. The van der Waals surface area contributed by atoms with Gasteiger partial charge in [-0.3, -0.25) is 9.59 Å². The molecule has 1 aliphatic rings. The lowest BCUT2D eigenvalue weighted by Gasteiger charge is -2.40. The molecule has 0 radical (unpaired) electrons. The maximum atomic E-state index is 13.1. The lowest BCUT2D eigenvalue weighted by molar-refractivity contribution is -0.302. The van der Waals surface area contributed by atoms with Crippen LogP contribution in [0, 0.1) is 0 Å². The Labute approximate surface area is 584 Å². The molecule has 0 bridgehead atoms. The van der Waals surface area contributed by atoms with Crippen LogP contribution in [0.25, 0.3) is 0 Å². The highest BCUT2D eigenvalue weighted by molar-refractivity contribution is 5.76. The van der Waals surface area contributed by atoms with Gasteiger partial charge in [0.25, 0.3) is 0 Å². The molecule has 0 aromatic carbocycles. The molecule has 1 fully saturated rings. The summed E-state index contributed by atoms with van der Waals surface area (Å²) in [5, 5.41) is 54.4. The second kappa shape index (κ2) is 72.1. The number of carbonyl (C=O) groups is 2. The van der Waals surface area contributed by atoms with E-state index in [1.54, 1.807) is 6.08 Å². The first kappa shape index (κ1) is 89.9. The molecule has 95 heavy (non-hydrogen) atoms. The van der Waals surface area contributed by atoms with Crippen molar-refractivity contribution in [3.8, 4) is 0 Å². The number of nitrogens with one attached hydrogen (secondary N) is 1. The standard InChI is InChI=1S/C84H151NO10/c1-3-5-7-9-11-13-15-16-17-41-45-48-52-56-60-64-68-72-80(89)93-73-69-65-61-57-53-49-46-43-40-38-36-34-32-30-28-26-24-22-20-18-19-21-23-25-27-29-31-33-35-37-39-42-44-47-51-55-59-63-67-71-79(88)85-76(75-94-84-83(92)82(91)81(90)78(74-86)95-84)77(87)70-66-62-58-54-50-14-12-10-8-6-4-2/h8,10-11,13,16-19,22,24,50,54,66,70,76-78,81-84,86-87,90-92H,3-7,9,12,14-15,20-21,23,25-49,51-53,55-65,67-69,71-75H2,1-2H3,(H,85,88)/b10-8+,13-11-,17-16-,19-18-,24-22-,54-50+,70-66+. The molecule has 1 saturated heterocycles. The van der Waals surface area contributed by atoms with Crippen LogP contribution in [0.4, 0.5) is 0 Å². The zero-order valence-electron chi connectivity index (χ0n) is 61.6. The van der Waals surface area contributed by atoms with Crippen LogP contribution in [0.2, 0.25) is 0 Å². The monoisotopic (exact) mass is 1330 g/mol. The fourth-order valence-corrected chi connectivity index (χ4v) is 12.4. The first-order valence-electron chi connectivity index (χ1n) is 40.4. The third-order valence-corrected chi connectivity index (χ3v) is 18.7. The molecule has 7 atom stereocenters. The van der Waals surface area contributed by atoms with Crippen LogP contribution in [0.3, 0.4) is 0 Å². The average molecular weight is 1340 g/mol. The summed E-state index contributed by atoms with van der Waals surface area (Å²) < 4.78 is 16.7. The van der Waals surface area contributed by atoms with E-state index in [0.717, 1.165) is 89.9 Å². The number of unbranched alkanes of at least 4 members (excludes halogenated alkanes) is 45. The number of amides is 1. The van der Waals surface area contributed by atoms with Gasteiger partial charge in [-0.2, -0.15) is 0 Å². The van der Waals surface area contributed by atoms with Gasteiger partial charge in [-0.05, 0) is 116 Å². The van der Waals surface area contributed by atoms with Crippen molar-refractivity contribution in [1.29, 1.82) is 0 Å². The molecule has 0 aliphatic carbocycles. The zero-order chi connectivity index (χ0) is 68.6. The van der Waals surface area contributed by atoms with Gasteiger partial charge in [0.15, 0.2) is 6.29 Å². The summed E-state index contributed by atoms with van der Waals surface area (Å²) in [6, 6.07) is -0.833. The third-order valence-electron chi connectivity index (χ3n) is 18.7. The number of allylic oxidation sites excluding steroid dienone is 13. The molecule has 0 spiro atoms. The van der Waals surface area contributed by atoms with Crippen LogP contribution in [0.15, 0.2) is 85.1 Å². The molecule has 1 amide bonds. The van der Waals surface area contributed by atoms with Crippen LogP contribution in [0.5, 0.6) is 0 Å². The van der Waals surface area contributed by atoms with Crippen molar-refractivity contribution in [2.24, 2.45) is 0 Å². The first-order valence-corrected chi connectivity index (χ1v) is 40.4. The highest BCUT2D eigenvalue weighted by Gasteiger charge is 2.44. The Kier molecular flexibility index (Phi) is 68.2. The Balaban J connectivity index is 1.88. The molecule has 7 unspecified atom stereocenters. The fraction of sp³-hybridized carbons (Fsp3) is 0.810. The lowest BCUT2D eigenvalue weighted by Crippen LogP contribution is -2.60. The second-order valence-electron chi connectivity index (χ2n) is 27.7. The van der Waals surface area contributed by atoms with E-state index in [2.05, 4.69) is 92.1 Å². The summed E-state index contributed by atoms with van der Waals surface area (Å²) in [4.78, 5) is 25.2. The maximum Gasteiger partial charge on any atom is 0.305 e. The van der Waals surface area contributed by atoms with Gasteiger partial charge in [0, 0.05) is 12.8 Å². The Morgan fingerprint density at radius 1 is 0.389 bits per heavy atom. The molecule has 1 rings (SSSR count). The Morgan fingerprint density at radius 2 is 0.737 bits per heavy atom. The SMILES string of the molecule is CCC/C=C/CC/C=C/CC/C=C/C(O)C(COC1OC(CO)C(O)C(O)C1O)NC(=O)CCCCCCCCCCCCCCCCCCC/C=C\C/C=C\CCCCCCCCCCCCCCCCCOC(=O)CCCCCCCCC/C=C\C/C=C\CCCCC. The molecule has 0 aromatic heterocycles. The fourth-order valence-electron chi connectivity index (χ4n) is 12.4. The van der Waals surface area contributed by atoms with E-state index in [-0.39, 0.29) is 18.5 Å². The Hall–Kier alpha value is -3.16. The number of aliphatic hydroxyl groups excluding tert-OH is 5. The minimum atomic E-state index is -1.58. The highest BCUT2D eigenvalue weighted by Crippen LogP contribution is 2.24. The number of rotatable bonds is 71. The van der Waals surface area contributed by atoms with Gasteiger partial charge in [-0.15, -0.1) is 0 Å². The average Bonchev–Trinajstić information content (AvgIpc) is 0.858. The number of aliphatic hydroxyl groups is 5. The van der Waals surface area contributed by atoms with Crippen molar-refractivity contribution < 1.29 is 49.3 Å². The van der Waals surface area contributed by atoms with Crippen LogP contribution >= 0.6 is 0 Å². The van der Waals surface area contributed by atoms with Gasteiger partial charge in [0.05, 0.1) is 32.0 Å². The molecule has 0 aromatic rings. The molecular weight excluding hydrogens is 1180 g/mol. The van der Waals surface area contributed by atoms with E-state index in [9.17, 15) is 35.1 Å². The zero-order valence-corrected chi connectivity index (χ0v) is 61.6. The maximum absolute atomic E-state index is 13.1. The summed E-state index contributed by atoms with van der Waals surface area (Å²) in [6.45, 7) is 4.25. The molecule has 1 aliphatic heterocycles. The number of hydrogen-bond donors (Lipinski definition) is 6. The van der Waals surface area contributed by atoms with Crippen molar-refractivity contribution in [1.82, 2.24) is 5.32 Å². The van der Waals surface area contributed by atoms with E-state index in [1.807, 2.05) is 6.08 Å². The van der Waals surface area contributed by atoms with Crippen molar-refractivity contribution in [3.05, 3.63) is 85.1 Å². The van der Waals surface area contributed by atoms with E-state index < -0.39 is 49.5 Å². The molecule has 11 nitrogen and oxygen atoms in total. The van der Waals surface area contributed by atoms with Gasteiger partial charge in [-0.1, -0.05) is 330 Å². The van der Waals surface area contributed by atoms with Crippen molar-refractivity contribution >= 4 is 11.9 Å². The van der Waals surface area contributed by atoms with Crippen molar-refractivity contribution in [3.63, 3.8) is 0 Å². The third kappa shape index (κ3) is 60.5. The summed E-state index contributed by atoms with van der Waals surface area (Å²) in [5.41, 5.74) is 0. The normalized spacial score (nSPS) is 17.8. The molecule has 1 heterocycles. The molecule has 552 valence electrons. The van der Waals surface area contributed by atoms with Crippen molar-refractivity contribution in [2.45, 2.75) is 416 Å². The number of ether oxygens (including phenoxy) is 3. The van der Waals surface area contributed by atoms with Crippen LogP contribution in [-0.2, 0) is 23.8 Å². The van der Waals surface area contributed by atoms with Gasteiger partial charge in [0.2, 0.25) is 5.91 Å². The first-order chi connectivity index (χ1) is 46.7. The highest BCUT2D eigenvalue weighted by atomic mass is 16.7. The number of hydrogen-bond acceptors (Lipinski definition) is 10. The number of esters is 1. The summed E-state index contributed by atoms with van der Waals surface area (Å²) in [7, 11) is 0. The Morgan fingerprint density at radius 3 is 1.14 bits per heavy atom. The minimum absolute atomic E-state index is 0.00633. The number of carbonyl (C=O) groups excluding carboxylic acids is 2. The predicted octanol–water partition coefficient (Wildman–Crippen LogP) is 22.0. The quantitative estimate of drug-likeness (QED) is 0.0195. The van der Waals surface area contributed by atoms with Crippen LogP contribution in [-0.4, -0.2) is 100 Å². The van der Waals surface area contributed by atoms with Gasteiger partial charge in [-0.25, -0.2) is 0 Å². The van der Waals surface area contributed by atoms with Gasteiger partial charge >= 0.3 is 5.97 Å². The predicted molar refractivity (Wildman–Crippen MR) is 402 cm³/mol. The van der Waals surface area contributed by atoms with Gasteiger partial charge in [0.1, 0.15) is 24.4 Å². The molecule has 6 N–H and O–H groups in total. The summed E-state index contributed by atoms with van der Waals surface area (Å²) in [5.74, 6) is -0.188. The van der Waals surface area contributed by atoms with Crippen LogP contribution < -0.4 is 5.32 Å². The largest absolute Gasteiger partial charge is 0.466 e. The van der Waals surface area contributed by atoms with E-state index >= 15 is 0 Å². The van der Waals surface area contributed by atoms with Crippen LogP contribution in [0.1, 0.15) is 373 Å². The van der Waals surface area contributed by atoms with Gasteiger partial charge < -0.3 is 45.1 Å². The topological polar surface area (TPSA) is 175 Å². The second-order valence-corrected chi connectivity index (χ2v) is 27.7. The minimum Gasteiger partial charge on any atom is -0.466 e. The molecule has 0 saturated carbocycles. The van der Waals surface area contributed by atoms with E-state index in [1.165, 1.54) is 257 Å². The molecule has 11 heteroatoms. The van der Waals surface area contributed by atoms with E-state index in [0.29, 0.717) is 19.4 Å².